The number of fused-ring (bicyclic) bond motifs is 1. The first-order chi connectivity index (χ1) is 10.2. The largest absolute Gasteiger partial charge is 0.496 e. The Morgan fingerprint density at radius 1 is 1.14 bits per heavy atom. The van der Waals surface area contributed by atoms with E-state index in [1.54, 1.807) is 7.11 Å². The molecule has 0 amide bonds. The fourth-order valence-corrected chi connectivity index (χ4v) is 2.21. The lowest BCUT2D eigenvalue weighted by atomic mass is 9.99. The van der Waals surface area contributed by atoms with E-state index in [-0.39, 0.29) is 19.3 Å². The molecule has 5 nitrogen and oxygen atoms in total. The Morgan fingerprint density at radius 2 is 1.86 bits per heavy atom. The van der Waals surface area contributed by atoms with Crippen molar-refractivity contribution < 1.29 is 19.0 Å². The lowest BCUT2D eigenvalue weighted by Crippen LogP contribution is -2.20. The van der Waals surface area contributed by atoms with Crippen LogP contribution in [-0.2, 0) is 14.3 Å². The van der Waals surface area contributed by atoms with Gasteiger partial charge in [0.05, 0.1) is 26.9 Å². The van der Waals surface area contributed by atoms with Crippen LogP contribution in [0.25, 0.3) is 10.8 Å². The number of esters is 1. The molecule has 0 spiro atoms. The summed E-state index contributed by atoms with van der Waals surface area (Å²) in [5, 5.41) is 2.02. The molecular weight excluding hydrogens is 270 g/mol. The van der Waals surface area contributed by atoms with Crippen LogP contribution in [0.5, 0.6) is 5.75 Å². The zero-order chi connectivity index (χ0) is 15.2. The molecule has 2 N–H and O–H groups in total. The van der Waals surface area contributed by atoms with E-state index in [9.17, 15) is 4.79 Å². The summed E-state index contributed by atoms with van der Waals surface area (Å²) in [4.78, 5) is 11.0. The Morgan fingerprint density at radius 3 is 2.52 bits per heavy atom. The van der Waals surface area contributed by atoms with E-state index < -0.39 is 5.97 Å². The standard InChI is InChI=1S/C16H19NO4/c1-19-15-8-7-12(11-5-3-4-6-13(11)15)14(17)9-21-10-16(18)20-2/h3-8,14H,9-10,17H2,1-2H3. The van der Waals surface area contributed by atoms with Gasteiger partial charge in [-0.2, -0.15) is 0 Å². The van der Waals surface area contributed by atoms with Gasteiger partial charge in [-0.05, 0) is 17.0 Å². The number of nitrogens with two attached hydrogens (primary N) is 1. The van der Waals surface area contributed by atoms with Gasteiger partial charge in [0.15, 0.2) is 0 Å². The highest BCUT2D eigenvalue weighted by Crippen LogP contribution is 2.30. The van der Waals surface area contributed by atoms with Gasteiger partial charge >= 0.3 is 5.97 Å². The Balaban J connectivity index is 2.19. The fourth-order valence-electron chi connectivity index (χ4n) is 2.21. The van der Waals surface area contributed by atoms with Crippen LogP contribution in [0.15, 0.2) is 36.4 Å². The number of benzene rings is 2. The molecule has 0 heterocycles. The number of methoxy groups -OCH3 is 2. The average Bonchev–Trinajstić information content (AvgIpc) is 2.53. The smallest absolute Gasteiger partial charge is 0.331 e. The van der Waals surface area contributed by atoms with Crippen molar-refractivity contribution in [2.45, 2.75) is 6.04 Å². The predicted octanol–water partition coefficient (Wildman–Crippen LogP) is 2.04. The molecule has 2 aromatic carbocycles. The molecule has 2 rings (SSSR count). The maximum Gasteiger partial charge on any atom is 0.331 e. The van der Waals surface area contributed by atoms with Crippen LogP contribution in [0, 0.1) is 0 Å². The topological polar surface area (TPSA) is 70.8 Å². The van der Waals surface area contributed by atoms with Gasteiger partial charge in [0, 0.05) is 5.39 Å². The van der Waals surface area contributed by atoms with Gasteiger partial charge in [0.2, 0.25) is 0 Å². The lowest BCUT2D eigenvalue weighted by Gasteiger charge is -2.16. The van der Waals surface area contributed by atoms with E-state index in [1.807, 2.05) is 36.4 Å². The molecule has 0 radical (unpaired) electrons. The monoisotopic (exact) mass is 289 g/mol. The average molecular weight is 289 g/mol. The van der Waals surface area contributed by atoms with Gasteiger partial charge in [-0.15, -0.1) is 0 Å². The summed E-state index contributed by atoms with van der Waals surface area (Å²) in [5.41, 5.74) is 7.12. The summed E-state index contributed by atoms with van der Waals surface area (Å²) in [6.45, 7) is 0.143. The van der Waals surface area contributed by atoms with Crippen LogP contribution in [-0.4, -0.2) is 33.4 Å². The molecule has 0 aliphatic rings. The fraction of sp³-hybridized carbons (Fsp3) is 0.312. The van der Waals surface area contributed by atoms with Crippen molar-refractivity contribution in [3.8, 4) is 5.75 Å². The molecule has 0 saturated carbocycles. The third-order valence-corrected chi connectivity index (χ3v) is 3.28. The SMILES string of the molecule is COC(=O)COCC(N)c1ccc(OC)c2ccccc12. The quantitative estimate of drug-likeness (QED) is 0.824. The van der Waals surface area contributed by atoms with E-state index in [4.69, 9.17) is 15.2 Å². The van der Waals surface area contributed by atoms with Crippen molar-refractivity contribution in [1.82, 2.24) is 0 Å². The molecule has 112 valence electrons. The molecule has 0 saturated heterocycles. The first-order valence-corrected chi connectivity index (χ1v) is 6.63. The van der Waals surface area contributed by atoms with E-state index in [2.05, 4.69) is 4.74 Å². The van der Waals surface area contributed by atoms with Crippen molar-refractivity contribution in [3.63, 3.8) is 0 Å². The molecule has 2 aromatic rings. The number of carbonyl (C=O) groups is 1. The van der Waals surface area contributed by atoms with Crippen LogP contribution in [0.2, 0.25) is 0 Å². The summed E-state index contributed by atoms with van der Waals surface area (Å²) < 4.78 is 15.2. The van der Waals surface area contributed by atoms with Crippen molar-refractivity contribution in [2.24, 2.45) is 5.73 Å². The van der Waals surface area contributed by atoms with Crippen molar-refractivity contribution >= 4 is 16.7 Å². The normalized spacial score (nSPS) is 12.1. The number of hydrogen-bond donors (Lipinski definition) is 1. The van der Waals surface area contributed by atoms with Gasteiger partial charge in [0.25, 0.3) is 0 Å². The maximum absolute atomic E-state index is 11.0. The van der Waals surface area contributed by atoms with Gasteiger partial charge in [-0.3, -0.25) is 0 Å². The van der Waals surface area contributed by atoms with Gasteiger partial charge in [-0.1, -0.05) is 30.3 Å². The molecule has 0 aliphatic carbocycles. The summed E-state index contributed by atoms with van der Waals surface area (Å²) in [7, 11) is 2.96. The lowest BCUT2D eigenvalue weighted by molar-refractivity contribution is -0.146. The second-order valence-electron chi connectivity index (χ2n) is 4.60. The Kier molecular flexibility index (Phi) is 5.14. The highest BCUT2D eigenvalue weighted by atomic mass is 16.6. The van der Waals surface area contributed by atoms with Crippen molar-refractivity contribution in [1.29, 1.82) is 0 Å². The molecule has 0 aliphatic heterocycles. The minimum Gasteiger partial charge on any atom is -0.496 e. The molecule has 1 atom stereocenters. The number of ether oxygens (including phenoxy) is 3. The van der Waals surface area contributed by atoms with E-state index in [0.29, 0.717) is 0 Å². The predicted molar refractivity (Wildman–Crippen MR) is 80.3 cm³/mol. The molecule has 1 unspecified atom stereocenters. The zero-order valence-electron chi connectivity index (χ0n) is 12.2. The first-order valence-electron chi connectivity index (χ1n) is 6.63. The molecule has 0 bridgehead atoms. The Hall–Kier alpha value is -2.11. The Bertz CT molecular complexity index is 627. The van der Waals surface area contributed by atoms with Crippen LogP contribution >= 0.6 is 0 Å². The second-order valence-corrected chi connectivity index (χ2v) is 4.60. The second kappa shape index (κ2) is 7.06. The van der Waals surface area contributed by atoms with Crippen LogP contribution in [0.3, 0.4) is 0 Å². The molecule has 0 aromatic heterocycles. The van der Waals surface area contributed by atoms with E-state index >= 15 is 0 Å². The zero-order valence-corrected chi connectivity index (χ0v) is 12.2. The van der Waals surface area contributed by atoms with Crippen LogP contribution in [0.4, 0.5) is 0 Å². The number of rotatable bonds is 6. The van der Waals surface area contributed by atoms with Gasteiger partial charge in [0.1, 0.15) is 12.4 Å². The summed E-state index contributed by atoms with van der Waals surface area (Å²) in [5.74, 6) is 0.388. The maximum atomic E-state index is 11.0. The minimum absolute atomic E-state index is 0.0989. The van der Waals surface area contributed by atoms with Gasteiger partial charge < -0.3 is 19.9 Å². The van der Waals surface area contributed by atoms with Crippen molar-refractivity contribution in [3.05, 3.63) is 42.0 Å². The molecule has 5 heteroatoms. The summed E-state index contributed by atoms with van der Waals surface area (Å²) in [6, 6.07) is 11.4. The molecular formula is C16H19NO4. The van der Waals surface area contributed by atoms with E-state index in [0.717, 1.165) is 22.1 Å². The number of carbonyl (C=O) groups excluding carboxylic acids is 1. The third-order valence-electron chi connectivity index (χ3n) is 3.28. The van der Waals surface area contributed by atoms with E-state index in [1.165, 1.54) is 7.11 Å². The van der Waals surface area contributed by atoms with Crippen molar-refractivity contribution in [2.75, 3.05) is 27.4 Å². The summed E-state index contributed by atoms with van der Waals surface area (Å²) in [6.07, 6.45) is 0. The van der Waals surface area contributed by atoms with Crippen LogP contribution < -0.4 is 10.5 Å². The van der Waals surface area contributed by atoms with Gasteiger partial charge in [-0.25, -0.2) is 4.79 Å². The summed E-state index contributed by atoms with van der Waals surface area (Å²) >= 11 is 0. The van der Waals surface area contributed by atoms with Crippen LogP contribution in [0.1, 0.15) is 11.6 Å². The molecule has 0 fully saturated rings. The third kappa shape index (κ3) is 3.51. The minimum atomic E-state index is -0.415. The highest BCUT2D eigenvalue weighted by Gasteiger charge is 2.13. The highest BCUT2D eigenvalue weighted by molar-refractivity contribution is 5.91. The molecule has 21 heavy (non-hydrogen) atoms. The Labute approximate surface area is 123 Å². The number of hydrogen-bond acceptors (Lipinski definition) is 5. The first kappa shape index (κ1) is 15.3.